The average Bonchev–Trinajstić information content (AvgIpc) is 3.28. The van der Waals surface area contributed by atoms with E-state index in [1.807, 2.05) is 42.5 Å². The van der Waals surface area contributed by atoms with Crippen LogP contribution in [0, 0.1) is 0 Å². The number of nitrogens with zero attached hydrogens (tertiary/aromatic N) is 3. The molecule has 1 aliphatic heterocycles. The van der Waals surface area contributed by atoms with E-state index in [2.05, 4.69) is 4.90 Å². The highest BCUT2D eigenvalue weighted by Crippen LogP contribution is 2.27. The quantitative estimate of drug-likeness (QED) is 0.595. The summed E-state index contributed by atoms with van der Waals surface area (Å²) in [4.78, 5) is 22.0. The molecule has 29 heavy (non-hydrogen) atoms. The Kier molecular flexibility index (Phi) is 5.86. The number of ether oxygens (including phenoxy) is 1. The monoisotopic (exact) mass is 409 g/mol. The van der Waals surface area contributed by atoms with Crippen molar-refractivity contribution >= 4 is 34.2 Å². The van der Waals surface area contributed by atoms with Crippen LogP contribution in [0.2, 0.25) is 5.02 Å². The van der Waals surface area contributed by atoms with Crippen molar-refractivity contribution in [3.8, 4) is 5.75 Å². The first-order chi connectivity index (χ1) is 14.1. The summed E-state index contributed by atoms with van der Waals surface area (Å²) >= 11 is 5.90. The number of benzene rings is 2. The van der Waals surface area contributed by atoms with Crippen molar-refractivity contribution in [2.24, 2.45) is 0 Å². The van der Waals surface area contributed by atoms with Crippen molar-refractivity contribution in [1.29, 1.82) is 0 Å². The van der Waals surface area contributed by atoms with Crippen LogP contribution in [0.15, 0.2) is 54.6 Å². The molecule has 1 saturated heterocycles. The Bertz CT molecular complexity index is 1000. The first-order valence-corrected chi connectivity index (χ1v) is 10.3. The number of aromatic nitrogens is 1. The molecule has 0 unspecified atom stereocenters. The van der Waals surface area contributed by atoms with Crippen LogP contribution in [-0.2, 0) is 0 Å². The van der Waals surface area contributed by atoms with Gasteiger partial charge in [0, 0.05) is 30.5 Å². The Morgan fingerprint density at radius 2 is 1.86 bits per heavy atom. The second-order valence-corrected chi connectivity index (χ2v) is 7.71. The molecular formula is C23H24ClN3O2. The Morgan fingerprint density at radius 1 is 1.14 bits per heavy atom. The molecule has 4 rings (SSSR count). The second kappa shape index (κ2) is 8.70. The number of anilines is 1. The highest BCUT2D eigenvalue weighted by atomic mass is 35.5. The minimum Gasteiger partial charge on any atom is -0.492 e. The van der Waals surface area contributed by atoms with E-state index >= 15 is 0 Å². The number of fused-ring (bicyclic) bond motifs is 1. The van der Waals surface area contributed by atoms with Gasteiger partial charge in [-0.2, -0.15) is 0 Å². The van der Waals surface area contributed by atoms with E-state index < -0.39 is 0 Å². The largest absolute Gasteiger partial charge is 0.492 e. The van der Waals surface area contributed by atoms with Crippen LogP contribution in [0.4, 0.5) is 5.82 Å². The molecule has 3 aromatic rings. The van der Waals surface area contributed by atoms with Gasteiger partial charge in [-0.25, -0.2) is 4.98 Å². The maximum absolute atomic E-state index is 13.2. The SMILES string of the molecule is CN(CCOc1ccc(Cl)cc1)C(=O)c1cc2ccccc2nc1N1CCCC1. The molecule has 0 spiro atoms. The van der Waals surface area contributed by atoms with Gasteiger partial charge in [-0.3, -0.25) is 4.79 Å². The molecule has 6 heteroatoms. The van der Waals surface area contributed by atoms with Crippen molar-refractivity contribution in [2.45, 2.75) is 12.8 Å². The Balaban J connectivity index is 1.51. The fraction of sp³-hybridized carbons (Fsp3) is 0.304. The normalized spacial score (nSPS) is 13.7. The fourth-order valence-corrected chi connectivity index (χ4v) is 3.70. The topological polar surface area (TPSA) is 45.7 Å². The van der Waals surface area contributed by atoms with E-state index in [-0.39, 0.29) is 5.91 Å². The third-order valence-corrected chi connectivity index (χ3v) is 5.45. The lowest BCUT2D eigenvalue weighted by Gasteiger charge is -2.23. The molecule has 1 amide bonds. The maximum atomic E-state index is 13.2. The zero-order chi connectivity index (χ0) is 20.2. The van der Waals surface area contributed by atoms with Crippen LogP contribution < -0.4 is 9.64 Å². The van der Waals surface area contributed by atoms with Gasteiger partial charge >= 0.3 is 0 Å². The summed E-state index contributed by atoms with van der Waals surface area (Å²) in [5, 5.41) is 1.65. The first kappa shape index (κ1) is 19.5. The lowest BCUT2D eigenvalue weighted by atomic mass is 10.1. The van der Waals surface area contributed by atoms with Crippen molar-refractivity contribution in [3.05, 3.63) is 65.2 Å². The number of amides is 1. The second-order valence-electron chi connectivity index (χ2n) is 7.28. The molecular weight excluding hydrogens is 386 g/mol. The Morgan fingerprint density at radius 3 is 2.62 bits per heavy atom. The lowest BCUT2D eigenvalue weighted by Crippen LogP contribution is -2.33. The summed E-state index contributed by atoms with van der Waals surface area (Å²) in [7, 11) is 1.80. The number of hydrogen-bond acceptors (Lipinski definition) is 4. The van der Waals surface area contributed by atoms with Crippen molar-refractivity contribution in [1.82, 2.24) is 9.88 Å². The van der Waals surface area contributed by atoms with Gasteiger partial charge in [0.05, 0.1) is 17.6 Å². The van der Waals surface area contributed by atoms with Gasteiger partial charge in [-0.05, 0) is 49.2 Å². The van der Waals surface area contributed by atoms with E-state index in [9.17, 15) is 4.79 Å². The van der Waals surface area contributed by atoms with E-state index in [0.717, 1.165) is 48.4 Å². The third kappa shape index (κ3) is 4.46. The molecule has 0 radical (unpaired) electrons. The highest BCUT2D eigenvalue weighted by Gasteiger charge is 2.24. The van der Waals surface area contributed by atoms with Gasteiger partial charge in [0.15, 0.2) is 0 Å². The number of hydrogen-bond donors (Lipinski definition) is 0. The van der Waals surface area contributed by atoms with Crippen molar-refractivity contribution in [3.63, 3.8) is 0 Å². The molecule has 1 aliphatic rings. The van der Waals surface area contributed by atoms with E-state index in [0.29, 0.717) is 23.7 Å². The summed E-state index contributed by atoms with van der Waals surface area (Å²) in [6, 6.07) is 17.1. The molecule has 1 fully saturated rings. The number of pyridine rings is 1. The number of para-hydroxylation sites is 1. The van der Waals surface area contributed by atoms with E-state index in [1.54, 1.807) is 24.1 Å². The minimum atomic E-state index is -0.0372. The summed E-state index contributed by atoms with van der Waals surface area (Å²) < 4.78 is 5.74. The Labute approximate surface area is 175 Å². The Hall–Kier alpha value is -2.79. The average molecular weight is 410 g/mol. The van der Waals surface area contributed by atoms with E-state index in [4.69, 9.17) is 21.3 Å². The van der Waals surface area contributed by atoms with Crippen LogP contribution in [0.5, 0.6) is 5.75 Å². The third-order valence-electron chi connectivity index (χ3n) is 5.20. The predicted molar refractivity (Wildman–Crippen MR) is 117 cm³/mol. The van der Waals surface area contributed by atoms with Gasteiger partial charge in [-0.1, -0.05) is 29.8 Å². The van der Waals surface area contributed by atoms with Crippen LogP contribution in [0.1, 0.15) is 23.2 Å². The number of carbonyl (C=O) groups is 1. The van der Waals surface area contributed by atoms with Gasteiger partial charge in [0.1, 0.15) is 18.2 Å². The smallest absolute Gasteiger partial charge is 0.257 e. The molecule has 1 aromatic heterocycles. The molecule has 2 aromatic carbocycles. The zero-order valence-electron chi connectivity index (χ0n) is 16.5. The molecule has 2 heterocycles. The molecule has 5 nitrogen and oxygen atoms in total. The first-order valence-electron chi connectivity index (χ1n) is 9.90. The molecule has 0 bridgehead atoms. The van der Waals surface area contributed by atoms with Crippen molar-refractivity contribution < 1.29 is 9.53 Å². The highest BCUT2D eigenvalue weighted by molar-refractivity contribution is 6.30. The summed E-state index contributed by atoms with van der Waals surface area (Å²) in [6.45, 7) is 2.77. The van der Waals surface area contributed by atoms with Crippen LogP contribution in [0.25, 0.3) is 10.9 Å². The predicted octanol–water partition coefficient (Wildman–Crippen LogP) is 4.64. The van der Waals surface area contributed by atoms with Crippen LogP contribution >= 0.6 is 11.6 Å². The van der Waals surface area contributed by atoms with Gasteiger partial charge < -0.3 is 14.5 Å². The lowest BCUT2D eigenvalue weighted by molar-refractivity contribution is 0.0774. The summed E-state index contributed by atoms with van der Waals surface area (Å²) in [5.41, 5.74) is 1.57. The summed E-state index contributed by atoms with van der Waals surface area (Å²) in [6.07, 6.45) is 2.26. The number of halogens is 1. The van der Waals surface area contributed by atoms with Crippen molar-refractivity contribution in [2.75, 3.05) is 38.2 Å². The van der Waals surface area contributed by atoms with Gasteiger partial charge in [0.2, 0.25) is 0 Å². The number of likely N-dealkylation sites (N-methyl/N-ethyl adjacent to an activating group) is 1. The van der Waals surface area contributed by atoms with E-state index in [1.165, 1.54) is 0 Å². The standard InChI is InChI=1S/C23H24ClN3O2/c1-26(14-15-29-19-10-8-18(24)9-11-19)23(28)20-16-17-6-2-3-7-21(17)25-22(20)27-12-4-5-13-27/h2-3,6-11,16H,4-5,12-15H2,1H3. The zero-order valence-corrected chi connectivity index (χ0v) is 17.2. The van der Waals surface area contributed by atoms with Gasteiger partial charge in [0.25, 0.3) is 5.91 Å². The number of carbonyl (C=O) groups excluding carboxylic acids is 1. The molecule has 0 atom stereocenters. The molecule has 150 valence electrons. The molecule has 0 saturated carbocycles. The van der Waals surface area contributed by atoms with Crippen LogP contribution in [0.3, 0.4) is 0 Å². The maximum Gasteiger partial charge on any atom is 0.257 e. The molecule has 0 aliphatic carbocycles. The van der Waals surface area contributed by atoms with Gasteiger partial charge in [-0.15, -0.1) is 0 Å². The molecule has 0 N–H and O–H groups in total. The fourth-order valence-electron chi connectivity index (χ4n) is 3.57. The summed E-state index contributed by atoms with van der Waals surface area (Å²) in [5.74, 6) is 1.49. The van der Waals surface area contributed by atoms with Crippen LogP contribution in [-0.4, -0.2) is 49.1 Å². The number of rotatable bonds is 6. The minimum absolute atomic E-state index is 0.0372.